The van der Waals surface area contributed by atoms with Gasteiger partial charge in [0.15, 0.2) is 11.0 Å². The summed E-state index contributed by atoms with van der Waals surface area (Å²) in [5.74, 6) is -1.35. The van der Waals surface area contributed by atoms with Crippen LogP contribution in [-0.4, -0.2) is 32.1 Å². The number of aromatic nitrogens is 2. The van der Waals surface area contributed by atoms with Crippen LogP contribution in [-0.2, 0) is 17.8 Å². The summed E-state index contributed by atoms with van der Waals surface area (Å²) in [4.78, 5) is 38.8. The SMILES string of the molecule is O=C(O)Cn1c(-c2cccc([N+](=O)[O-])c2)c(Cl)nc(NCCc2ccccc2)c1=O. The highest BCUT2D eigenvalue weighted by molar-refractivity contribution is 6.32. The Bertz CT molecular complexity index is 1150. The molecule has 0 saturated heterocycles. The molecule has 10 heteroatoms. The molecule has 0 saturated carbocycles. The van der Waals surface area contributed by atoms with Gasteiger partial charge in [0.25, 0.3) is 11.2 Å². The van der Waals surface area contributed by atoms with Gasteiger partial charge in [-0.25, -0.2) is 4.98 Å². The molecule has 0 atom stereocenters. The second-order valence-corrected chi connectivity index (χ2v) is 6.71. The van der Waals surface area contributed by atoms with Crippen LogP contribution in [0.15, 0.2) is 59.4 Å². The van der Waals surface area contributed by atoms with Gasteiger partial charge in [-0.05, 0) is 12.0 Å². The number of anilines is 1. The first kappa shape index (κ1) is 21.0. The summed E-state index contributed by atoms with van der Waals surface area (Å²) in [6, 6.07) is 15.0. The molecule has 0 aliphatic carbocycles. The first-order valence-corrected chi connectivity index (χ1v) is 9.29. The Morgan fingerprint density at radius 3 is 2.60 bits per heavy atom. The van der Waals surface area contributed by atoms with E-state index in [1.165, 1.54) is 24.3 Å². The lowest BCUT2D eigenvalue weighted by Gasteiger charge is -2.15. The third kappa shape index (κ3) is 4.81. The molecule has 0 amide bonds. The summed E-state index contributed by atoms with van der Waals surface area (Å²) in [7, 11) is 0. The molecule has 0 unspecified atom stereocenters. The van der Waals surface area contributed by atoms with Gasteiger partial charge in [-0.15, -0.1) is 0 Å². The molecular weight excluding hydrogens is 412 g/mol. The van der Waals surface area contributed by atoms with Crippen LogP contribution in [0.2, 0.25) is 5.15 Å². The number of nitrogens with zero attached hydrogens (tertiary/aromatic N) is 3. The molecule has 9 nitrogen and oxygen atoms in total. The zero-order valence-electron chi connectivity index (χ0n) is 15.6. The Balaban J connectivity index is 1.99. The number of hydrogen-bond acceptors (Lipinski definition) is 6. The molecule has 1 heterocycles. The van der Waals surface area contributed by atoms with Crippen molar-refractivity contribution in [1.82, 2.24) is 9.55 Å². The van der Waals surface area contributed by atoms with Gasteiger partial charge >= 0.3 is 5.97 Å². The van der Waals surface area contributed by atoms with E-state index in [9.17, 15) is 24.8 Å². The van der Waals surface area contributed by atoms with E-state index in [0.29, 0.717) is 13.0 Å². The molecule has 30 heavy (non-hydrogen) atoms. The summed E-state index contributed by atoms with van der Waals surface area (Å²) in [5, 5.41) is 23.1. The van der Waals surface area contributed by atoms with E-state index in [0.717, 1.165) is 10.1 Å². The van der Waals surface area contributed by atoms with E-state index >= 15 is 0 Å². The fraction of sp³-hybridized carbons (Fsp3) is 0.150. The molecule has 1 aromatic heterocycles. The highest BCUT2D eigenvalue weighted by Gasteiger charge is 2.20. The summed E-state index contributed by atoms with van der Waals surface area (Å²) < 4.78 is 0.946. The molecule has 0 fully saturated rings. The van der Waals surface area contributed by atoms with E-state index < -0.39 is 23.0 Å². The molecule has 0 aliphatic rings. The van der Waals surface area contributed by atoms with Crippen LogP contribution in [0.4, 0.5) is 11.5 Å². The van der Waals surface area contributed by atoms with Crippen molar-refractivity contribution < 1.29 is 14.8 Å². The number of rotatable bonds is 8. The molecule has 0 radical (unpaired) electrons. The maximum atomic E-state index is 12.9. The van der Waals surface area contributed by atoms with Gasteiger partial charge in [-0.2, -0.15) is 0 Å². The van der Waals surface area contributed by atoms with Gasteiger partial charge in [0, 0.05) is 24.2 Å². The number of nitro benzene ring substituents is 1. The van der Waals surface area contributed by atoms with Crippen molar-refractivity contribution in [2.75, 3.05) is 11.9 Å². The Hall–Kier alpha value is -3.72. The number of nitro groups is 1. The Morgan fingerprint density at radius 2 is 1.93 bits per heavy atom. The lowest BCUT2D eigenvalue weighted by Crippen LogP contribution is -2.30. The monoisotopic (exact) mass is 428 g/mol. The molecule has 3 aromatic rings. The van der Waals surface area contributed by atoms with E-state index in [4.69, 9.17) is 11.6 Å². The maximum absolute atomic E-state index is 12.9. The molecule has 154 valence electrons. The lowest BCUT2D eigenvalue weighted by atomic mass is 10.1. The number of halogens is 1. The molecule has 2 N–H and O–H groups in total. The minimum atomic E-state index is -1.26. The molecule has 3 rings (SSSR count). The van der Waals surface area contributed by atoms with Gasteiger partial charge in [0.05, 0.1) is 10.6 Å². The summed E-state index contributed by atoms with van der Waals surface area (Å²) in [6.45, 7) is -0.293. The van der Waals surface area contributed by atoms with Crippen LogP contribution in [0.5, 0.6) is 0 Å². The number of carbonyl (C=O) groups is 1. The van der Waals surface area contributed by atoms with Crippen molar-refractivity contribution in [3.63, 3.8) is 0 Å². The summed E-state index contributed by atoms with van der Waals surface area (Å²) >= 11 is 6.28. The standard InChI is InChI=1S/C20H17ClN4O5/c21-18-17(14-7-4-8-15(11-14)25(29)30)24(12-16(26)27)20(28)19(23-18)22-10-9-13-5-2-1-3-6-13/h1-8,11H,9-10,12H2,(H,22,23)(H,26,27). The van der Waals surface area contributed by atoms with E-state index in [1.54, 1.807) is 0 Å². The smallest absolute Gasteiger partial charge is 0.323 e. The van der Waals surface area contributed by atoms with Crippen LogP contribution in [0.3, 0.4) is 0 Å². The van der Waals surface area contributed by atoms with Crippen LogP contribution >= 0.6 is 11.6 Å². The van der Waals surface area contributed by atoms with Crippen molar-refractivity contribution in [2.24, 2.45) is 0 Å². The van der Waals surface area contributed by atoms with Crippen molar-refractivity contribution in [1.29, 1.82) is 0 Å². The van der Waals surface area contributed by atoms with Gasteiger partial charge in [-0.3, -0.25) is 24.3 Å². The average Bonchev–Trinajstić information content (AvgIpc) is 2.72. The molecule has 0 spiro atoms. The number of benzene rings is 2. The number of carboxylic acid groups (broad SMARTS) is 1. The fourth-order valence-corrected chi connectivity index (χ4v) is 3.25. The zero-order valence-corrected chi connectivity index (χ0v) is 16.4. The number of nitrogens with one attached hydrogen (secondary N) is 1. The Labute approximate surface area is 175 Å². The van der Waals surface area contributed by atoms with Crippen LogP contribution in [0, 0.1) is 10.1 Å². The minimum Gasteiger partial charge on any atom is -0.480 e. The highest BCUT2D eigenvalue weighted by atomic mass is 35.5. The number of aliphatic carboxylic acids is 1. The number of carboxylic acids is 1. The minimum absolute atomic E-state index is 0.00127. The predicted molar refractivity (Wildman–Crippen MR) is 112 cm³/mol. The average molecular weight is 429 g/mol. The van der Waals surface area contributed by atoms with Crippen molar-refractivity contribution in [2.45, 2.75) is 13.0 Å². The molecule has 0 bridgehead atoms. The number of hydrogen-bond donors (Lipinski definition) is 2. The largest absolute Gasteiger partial charge is 0.480 e. The first-order valence-electron chi connectivity index (χ1n) is 8.91. The zero-order chi connectivity index (χ0) is 21.7. The predicted octanol–water partition coefficient (Wildman–Crippen LogP) is 3.21. The summed E-state index contributed by atoms with van der Waals surface area (Å²) in [6.07, 6.45) is 0.616. The molecule has 0 aliphatic heterocycles. The van der Waals surface area contributed by atoms with Crippen LogP contribution in [0.25, 0.3) is 11.3 Å². The van der Waals surface area contributed by atoms with Gasteiger partial charge in [-0.1, -0.05) is 54.1 Å². The first-order chi connectivity index (χ1) is 14.4. The van der Waals surface area contributed by atoms with Gasteiger partial charge < -0.3 is 10.4 Å². The Morgan fingerprint density at radius 1 is 1.20 bits per heavy atom. The second kappa shape index (κ2) is 9.19. The van der Waals surface area contributed by atoms with Gasteiger partial charge in [0.2, 0.25) is 0 Å². The van der Waals surface area contributed by atoms with Crippen molar-refractivity contribution in [3.8, 4) is 11.3 Å². The molecular formula is C20H17ClN4O5. The van der Waals surface area contributed by atoms with E-state index in [-0.39, 0.29) is 27.9 Å². The molecule has 2 aromatic carbocycles. The third-order valence-corrected chi connectivity index (χ3v) is 4.56. The maximum Gasteiger partial charge on any atom is 0.323 e. The topological polar surface area (TPSA) is 127 Å². The third-order valence-electron chi connectivity index (χ3n) is 4.30. The lowest BCUT2D eigenvalue weighted by molar-refractivity contribution is -0.384. The van der Waals surface area contributed by atoms with E-state index in [2.05, 4.69) is 10.3 Å². The van der Waals surface area contributed by atoms with Crippen molar-refractivity contribution in [3.05, 3.63) is 85.8 Å². The van der Waals surface area contributed by atoms with Gasteiger partial charge in [0.1, 0.15) is 6.54 Å². The number of non-ortho nitro benzene ring substituents is 1. The quantitative estimate of drug-likeness (QED) is 0.416. The highest BCUT2D eigenvalue weighted by Crippen LogP contribution is 2.29. The normalized spacial score (nSPS) is 10.6. The second-order valence-electron chi connectivity index (χ2n) is 6.35. The van der Waals surface area contributed by atoms with Crippen LogP contribution in [0.1, 0.15) is 5.56 Å². The summed E-state index contributed by atoms with van der Waals surface area (Å²) in [5.41, 5.74) is 0.367. The van der Waals surface area contributed by atoms with E-state index in [1.807, 2.05) is 30.3 Å². The van der Waals surface area contributed by atoms with Crippen LogP contribution < -0.4 is 10.9 Å². The Kier molecular flexibility index (Phi) is 6.43. The fourth-order valence-electron chi connectivity index (χ4n) is 2.95. The van der Waals surface area contributed by atoms with Crippen molar-refractivity contribution >= 4 is 29.1 Å².